The van der Waals surface area contributed by atoms with E-state index in [0.29, 0.717) is 30.2 Å². The fraction of sp³-hybridized carbons (Fsp3) is 0.429. The number of thiocarbonyl (C=S) groups is 1. The normalized spacial score (nSPS) is 13.6. The van der Waals surface area contributed by atoms with Crippen LogP contribution in [0.5, 0.6) is 0 Å². The van der Waals surface area contributed by atoms with Gasteiger partial charge in [-0.05, 0) is 77.2 Å². The Morgan fingerprint density at radius 3 is 2.83 bits per heavy atom. The first kappa shape index (κ1) is 21.5. The second-order valence-electron chi connectivity index (χ2n) is 7.89. The smallest absolute Gasteiger partial charge is 0.312 e. The summed E-state index contributed by atoms with van der Waals surface area (Å²) in [6.07, 6.45) is 2.59. The molecule has 0 fully saturated rings. The molecular formula is C21H24FIN6S. The van der Waals surface area contributed by atoms with Crippen LogP contribution in [0.2, 0.25) is 0 Å². The van der Waals surface area contributed by atoms with Gasteiger partial charge in [0.15, 0.2) is 17.0 Å². The van der Waals surface area contributed by atoms with E-state index in [-0.39, 0.29) is 5.82 Å². The summed E-state index contributed by atoms with van der Waals surface area (Å²) in [7, 11) is 0. The minimum atomic E-state index is -0.828. The van der Waals surface area contributed by atoms with E-state index in [1.54, 1.807) is 0 Å². The van der Waals surface area contributed by atoms with Crippen molar-refractivity contribution in [1.82, 2.24) is 24.8 Å². The maximum atomic E-state index is 13.9. The first-order chi connectivity index (χ1) is 14.3. The molecule has 6 nitrogen and oxygen atoms in total. The summed E-state index contributed by atoms with van der Waals surface area (Å²) in [5.41, 5.74) is 10.5. The average molecular weight is 538 g/mol. The van der Waals surface area contributed by atoms with Gasteiger partial charge in [-0.2, -0.15) is 14.4 Å². The number of hydrogen-bond acceptors (Lipinski definition) is 6. The van der Waals surface area contributed by atoms with Gasteiger partial charge in [-0.25, -0.2) is 4.98 Å². The van der Waals surface area contributed by atoms with Crippen molar-refractivity contribution in [2.45, 2.75) is 52.1 Å². The van der Waals surface area contributed by atoms with E-state index in [0.717, 1.165) is 42.1 Å². The van der Waals surface area contributed by atoms with Gasteiger partial charge in [-0.3, -0.25) is 0 Å². The van der Waals surface area contributed by atoms with E-state index >= 15 is 0 Å². The number of imidazole rings is 1. The molecular weight excluding hydrogens is 514 g/mol. The number of nitrogens with zero attached hydrogens (tertiary/aromatic N) is 4. The molecule has 3 N–H and O–H groups in total. The molecule has 2 heterocycles. The Morgan fingerprint density at radius 1 is 1.27 bits per heavy atom. The Labute approximate surface area is 194 Å². The highest BCUT2D eigenvalue weighted by atomic mass is 127. The van der Waals surface area contributed by atoms with Gasteiger partial charge in [0.05, 0.1) is 0 Å². The maximum absolute atomic E-state index is 13.9. The molecule has 0 unspecified atom stereocenters. The molecule has 3 aromatic rings. The molecule has 0 aliphatic heterocycles. The predicted molar refractivity (Wildman–Crippen MR) is 129 cm³/mol. The predicted octanol–water partition coefficient (Wildman–Crippen LogP) is 3.80. The van der Waals surface area contributed by atoms with Crippen LogP contribution < -0.4 is 11.1 Å². The molecule has 0 spiro atoms. The number of nitrogens with one attached hydrogen (secondary N) is 1. The third-order valence-corrected chi connectivity index (χ3v) is 6.76. The van der Waals surface area contributed by atoms with Crippen LogP contribution in [0, 0.1) is 9.65 Å². The van der Waals surface area contributed by atoms with Gasteiger partial charge in [0.25, 0.3) is 0 Å². The van der Waals surface area contributed by atoms with E-state index in [2.05, 4.69) is 63.9 Å². The molecule has 9 heteroatoms. The van der Waals surface area contributed by atoms with Gasteiger partial charge in [-0.15, -0.1) is 0 Å². The van der Waals surface area contributed by atoms with Crippen molar-refractivity contribution in [3.05, 3.63) is 44.3 Å². The first-order valence-corrected chi connectivity index (χ1v) is 11.6. The zero-order valence-corrected chi connectivity index (χ0v) is 20.0. The van der Waals surface area contributed by atoms with E-state index in [4.69, 9.17) is 22.9 Å². The van der Waals surface area contributed by atoms with Crippen LogP contribution in [0.25, 0.3) is 11.2 Å². The third kappa shape index (κ3) is 4.33. The number of hydrogen-bond donors (Lipinski definition) is 2. The molecule has 0 bridgehead atoms. The summed E-state index contributed by atoms with van der Waals surface area (Å²) in [6, 6.07) is 4.82. The standard InChI is InChI=1S/C21H24FIN6S/c1-11(2)25-6-3-7-29-17(26-18-19(24)27-21(22)28-20(18)29)10-13-8-14-12(9-15(13)23)4-5-16(14)30/h8-9,11,25H,3-7,10H2,1-2H3,(H2,24,27,28). The number of anilines is 1. The molecule has 0 radical (unpaired) electrons. The summed E-state index contributed by atoms with van der Waals surface area (Å²) in [5.74, 6) is 0.880. The Bertz CT molecular complexity index is 1130. The molecule has 0 amide bonds. The highest BCUT2D eigenvalue weighted by Gasteiger charge is 2.21. The van der Waals surface area contributed by atoms with E-state index in [1.165, 1.54) is 14.7 Å². The molecule has 0 saturated carbocycles. The lowest BCUT2D eigenvalue weighted by Crippen LogP contribution is -2.24. The van der Waals surface area contributed by atoms with E-state index < -0.39 is 6.08 Å². The third-order valence-electron chi connectivity index (χ3n) is 5.33. The Morgan fingerprint density at radius 2 is 2.07 bits per heavy atom. The van der Waals surface area contributed by atoms with Crippen LogP contribution in [0.1, 0.15) is 49.2 Å². The summed E-state index contributed by atoms with van der Waals surface area (Å²) >= 11 is 7.90. The van der Waals surface area contributed by atoms with Crippen molar-refractivity contribution < 1.29 is 4.39 Å². The van der Waals surface area contributed by atoms with Crippen LogP contribution in [0.15, 0.2) is 12.1 Å². The molecule has 30 heavy (non-hydrogen) atoms. The molecule has 0 atom stereocenters. The van der Waals surface area contributed by atoms with Gasteiger partial charge in [0.1, 0.15) is 5.82 Å². The highest BCUT2D eigenvalue weighted by Crippen LogP contribution is 2.29. The molecule has 1 aliphatic rings. The van der Waals surface area contributed by atoms with Crippen LogP contribution in [-0.4, -0.2) is 37.0 Å². The first-order valence-electron chi connectivity index (χ1n) is 10.1. The van der Waals surface area contributed by atoms with Gasteiger partial charge in [0.2, 0.25) is 0 Å². The van der Waals surface area contributed by atoms with Gasteiger partial charge in [0, 0.05) is 27.4 Å². The lowest BCUT2D eigenvalue weighted by molar-refractivity contribution is 0.525. The second kappa shape index (κ2) is 8.80. The topological polar surface area (TPSA) is 81.7 Å². The molecule has 1 aliphatic carbocycles. The largest absolute Gasteiger partial charge is 0.382 e. The highest BCUT2D eigenvalue weighted by molar-refractivity contribution is 14.1. The van der Waals surface area contributed by atoms with Crippen molar-refractivity contribution in [3.8, 4) is 0 Å². The number of aromatic nitrogens is 4. The monoisotopic (exact) mass is 538 g/mol. The van der Waals surface area contributed by atoms with Gasteiger partial charge < -0.3 is 15.6 Å². The van der Waals surface area contributed by atoms with Gasteiger partial charge >= 0.3 is 6.08 Å². The van der Waals surface area contributed by atoms with Crippen molar-refractivity contribution in [3.63, 3.8) is 0 Å². The Balaban J connectivity index is 1.71. The molecule has 4 rings (SSSR count). The van der Waals surface area contributed by atoms with Crippen molar-refractivity contribution in [1.29, 1.82) is 0 Å². The zero-order valence-electron chi connectivity index (χ0n) is 17.0. The second-order valence-corrected chi connectivity index (χ2v) is 9.55. The molecule has 1 aromatic carbocycles. The fourth-order valence-electron chi connectivity index (χ4n) is 3.85. The SMILES string of the molecule is CC(C)NCCCn1c(Cc2cc3c(cc2I)CCC3=S)nc2c(N)nc(F)nc21. The zero-order chi connectivity index (χ0) is 21.4. The van der Waals surface area contributed by atoms with Crippen LogP contribution in [0.4, 0.5) is 10.2 Å². The van der Waals surface area contributed by atoms with Crippen LogP contribution in [-0.2, 0) is 19.4 Å². The lowest BCUT2D eigenvalue weighted by atomic mass is 10.0. The van der Waals surface area contributed by atoms with Crippen LogP contribution >= 0.6 is 34.8 Å². The number of aryl methyl sites for hydroxylation is 2. The maximum Gasteiger partial charge on any atom is 0.312 e. The summed E-state index contributed by atoms with van der Waals surface area (Å²) < 4.78 is 17.0. The fourth-order valence-corrected chi connectivity index (χ4v) is 4.87. The molecule has 0 saturated heterocycles. The van der Waals surface area contributed by atoms with Crippen molar-refractivity contribution in [2.75, 3.05) is 12.3 Å². The summed E-state index contributed by atoms with van der Waals surface area (Å²) in [4.78, 5) is 13.4. The number of rotatable bonds is 7. The van der Waals surface area contributed by atoms with Crippen molar-refractivity contribution in [2.24, 2.45) is 0 Å². The van der Waals surface area contributed by atoms with E-state index in [9.17, 15) is 4.39 Å². The lowest BCUT2D eigenvalue weighted by Gasteiger charge is -2.12. The number of benzene rings is 1. The molecule has 2 aromatic heterocycles. The summed E-state index contributed by atoms with van der Waals surface area (Å²) in [6.45, 7) is 5.75. The Kier molecular flexibility index (Phi) is 6.31. The quantitative estimate of drug-likeness (QED) is 0.206. The van der Waals surface area contributed by atoms with Gasteiger partial charge in [-0.1, -0.05) is 26.1 Å². The van der Waals surface area contributed by atoms with E-state index in [1.807, 2.05) is 4.57 Å². The van der Waals surface area contributed by atoms with Crippen LogP contribution in [0.3, 0.4) is 0 Å². The number of fused-ring (bicyclic) bond motifs is 2. The Hall–Kier alpha value is -1.72. The number of nitrogen functional groups attached to an aromatic ring is 1. The minimum Gasteiger partial charge on any atom is -0.382 e. The number of halogens is 2. The number of nitrogens with two attached hydrogens (primary N) is 1. The molecule has 158 valence electrons. The van der Waals surface area contributed by atoms with Crippen molar-refractivity contribution >= 4 is 56.7 Å². The minimum absolute atomic E-state index is 0.0719. The summed E-state index contributed by atoms with van der Waals surface area (Å²) in [5, 5.41) is 3.41. The average Bonchev–Trinajstić information content (AvgIpc) is 3.20.